The summed E-state index contributed by atoms with van der Waals surface area (Å²) < 4.78 is 10.9. The summed E-state index contributed by atoms with van der Waals surface area (Å²) in [5, 5.41) is 11.4. The van der Waals surface area contributed by atoms with E-state index >= 15 is 0 Å². The smallest absolute Gasteiger partial charge is 0.129 e. The first-order chi connectivity index (χ1) is 9.62. The minimum atomic E-state index is 0.130. The molecule has 2 bridgehead atoms. The number of methoxy groups -OCH3 is 1. The van der Waals surface area contributed by atoms with Gasteiger partial charge in [0.2, 0.25) is 0 Å². The van der Waals surface area contributed by atoms with Crippen molar-refractivity contribution >= 4 is 12.6 Å². The number of likely N-dealkylation sites (tertiary alicyclic amines) is 1. The summed E-state index contributed by atoms with van der Waals surface area (Å²) in [4.78, 5) is 6.00. The quantitative estimate of drug-likeness (QED) is 0.562. The van der Waals surface area contributed by atoms with Gasteiger partial charge in [0.25, 0.3) is 0 Å². The van der Waals surface area contributed by atoms with E-state index in [-0.39, 0.29) is 18.2 Å². The van der Waals surface area contributed by atoms with Gasteiger partial charge >= 0.3 is 0 Å². The van der Waals surface area contributed by atoms with E-state index in [2.05, 4.69) is 21.9 Å². The Labute approximate surface area is 120 Å². The largest absolute Gasteiger partial charge is 0.383 e. The molecule has 0 amide bonds. The summed E-state index contributed by atoms with van der Waals surface area (Å²) >= 11 is 0. The minimum Gasteiger partial charge on any atom is -0.383 e. The van der Waals surface area contributed by atoms with Gasteiger partial charge in [-0.25, -0.2) is 4.99 Å². The lowest BCUT2D eigenvalue weighted by Crippen LogP contribution is -2.45. The average molecular weight is 280 g/mol. The molecule has 0 radical (unpaired) electrons. The molecule has 0 saturated carbocycles. The number of morpholine rings is 1. The van der Waals surface area contributed by atoms with Crippen molar-refractivity contribution in [2.24, 2.45) is 4.99 Å². The number of amidine groups is 1. The molecule has 2 heterocycles. The zero-order valence-corrected chi connectivity index (χ0v) is 12.3. The van der Waals surface area contributed by atoms with E-state index in [1.54, 1.807) is 13.2 Å². The van der Waals surface area contributed by atoms with Gasteiger partial charge < -0.3 is 19.7 Å². The summed E-state index contributed by atoms with van der Waals surface area (Å²) in [5.41, 5.74) is 0. The highest BCUT2D eigenvalue weighted by atomic mass is 16.5. The van der Waals surface area contributed by atoms with E-state index in [9.17, 15) is 0 Å². The van der Waals surface area contributed by atoms with Crippen molar-refractivity contribution < 1.29 is 9.47 Å². The number of aliphatic imine (C=N–C) groups is 1. The van der Waals surface area contributed by atoms with Gasteiger partial charge in [-0.3, -0.25) is 5.41 Å². The van der Waals surface area contributed by atoms with Crippen LogP contribution in [0.1, 0.15) is 19.8 Å². The van der Waals surface area contributed by atoms with E-state index in [1.807, 2.05) is 6.92 Å². The number of nitrogens with one attached hydrogen (secondary N) is 2. The molecule has 0 aromatic carbocycles. The van der Waals surface area contributed by atoms with Gasteiger partial charge in [-0.15, -0.1) is 0 Å². The summed E-state index contributed by atoms with van der Waals surface area (Å²) in [6.45, 7) is 7.73. The monoisotopic (exact) mass is 280 g/mol. The van der Waals surface area contributed by atoms with Gasteiger partial charge in [0.15, 0.2) is 0 Å². The molecule has 112 valence electrons. The maximum absolute atomic E-state index is 8.21. The molecular weight excluding hydrogens is 256 g/mol. The van der Waals surface area contributed by atoms with Crippen LogP contribution in [0.15, 0.2) is 16.9 Å². The van der Waals surface area contributed by atoms with Gasteiger partial charge in [-0.2, -0.15) is 0 Å². The first-order valence-electron chi connectivity index (χ1n) is 7.05. The molecule has 2 aliphatic rings. The van der Waals surface area contributed by atoms with Crippen molar-refractivity contribution in [2.45, 2.75) is 38.0 Å². The minimum absolute atomic E-state index is 0.130. The van der Waals surface area contributed by atoms with Crippen LogP contribution in [0.25, 0.3) is 0 Å². The molecule has 2 N–H and O–H groups in total. The van der Waals surface area contributed by atoms with Gasteiger partial charge in [-0.05, 0) is 26.5 Å². The van der Waals surface area contributed by atoms with Crippen molar-refractivity contribution in [1.82, 2.24) is 10.2 Å². The van der Waals surface area contributed by atoms with Gasteiger partial charge in [0, 0.05) is 32.3 Å². The second-order valence-corrected chi connectivity index (χ2v) is 5.44. The van der Waals surface area contributed by atoms with Crippen molar-refractivity contribution in [2.75, 3.05) is 26.8 Å². The number of ether oxygens (including phenoxy) is 2. The molecule has 0 aromatic heterocycles. The Morgan fingerprint density at radius 3 is 2.75 bits per heavy atom. The van der Waals surface area contributed by atoms with Crippen LogP contribution in [0.5, 0.6) is 0 Å². The fourth-order valence-electron chi connectivity index (χ4n) is 2.71. The lowest BCUT2D eigenvalue weighted by molar-refractivity contribution is -0.0156. The highest BCUT2D eigenvalue weighted by molar-refractivity contribution is 5.91. The Morgan fingerprint density at radius 2 is 2.20 bits per heavy atom. The van der Waals surface area contributed by atoms with Crippen LogP contribution in [0, 0.1) is 5.41 Å². The van der Waals surface area contributed by atoms with E-state index in [1.165, 1.54) is 0 Å². The zero-order valence-electron chi connectivity index (χ0n) is 12.3. The van der Waals surface area contributed by atoms with E-state index in [0.29, 0.717) is 18.3 Å². The van der Waals surface area contributed by atoms with Crippen LogP contribution >= 0.6 is 0 Å². The first kappa shape index (κ1) is 15.0. The maximum atomic E-state index is 8.21. The highest BCUT2D eigenvalue weighted by Crippen LogP contribution is 2.26. The van der Waals surface area contributed by atoms with E-state index in [0.717, 1.165) is 25.9 Å². The molecule has 2 aliphatic heterocycles. The Balaban J connectivity index is 1.93. The molecule has 2 rings (SSSR count). The number of rotatable bonds is 6. The van der Waals surface area contributed by atoms with Crippen LogP contribution in [-0.4, -0.2) is 62.5 Å². The maximum Gasteiger partial charge on any atom is 0.129 e. The van der Waals surface area contributed by atoms with Crippen LogP contribution in [0.2, 0.25) is 0 Å². The van der Waals surface area contributed by atoms with Gasteiger partial charge in [0.1, 0.15) is 11.7 Å². The fourth-order valence-corrected chi connectivity index (χ4v) is 2.71. The number of hydrogen-bond donors (Lipinski definition) is 2. The van der Waals surface area contributed by atoms with Gasteiger partial charge in [0.05, 0.1) is 18.8 Å². The topological polar surface area (TPSA) is 69.9 Å². The molecule has 6 nitrogen and oxygen atoms in total. The predicted octanol–water partition coefficient (Wildman–Crippen LogP) is 0.993. The molecule has 3 atom stereocenters. The summed E-state index contributed by atoms with van der Waals surface area (Å²) in [5.74, 6) is 1.07. The molecular formula is C14H24N4O2. The third kappa shape index (κ3) is 3.80. The first-order valence-corrected chi connectivity index (χ1v) is 7.05. The molecule has 0 aliphatic carbocycles. The van der Waals surface area contributed by atoms with Crippen molar-refractivity contribution in [3.05, 3.63) is 11.9 Å². The van der Waals surface area contributed by atoms with Crippen molar-refractivity contribution in [1.29, 1.82) is 5.41 Å². The molecule has 2 unspecified atom stereocenters. The Morgan fingerprint density at radius 1 is 1.55 bits per heavy atom. The van der Waals surface area contributed by atoms with E-state index < -0.39 is 0 Å². The van der Waals surface area contributed by atoms with Crippen LogP contribution in [0.4, 0.5) is 0 Å². The lowest BCUT2D eigenvalue weighted by atomic mass is 10.2. The third-order valence-electron chi connectivity index (χ3n) is 3.64. The van der Waals surface area contributed by atoms with Crippen molar-refractivity contribution in [3.8, 4) is 0 Å². The summed E-state index contributed by atoms with van der Waals surface area (Å²) in [6, 6.07) is 0.130. The molecule has 6 heteroatoms. The van der Waals surface area contributed by atoms with Crippen molar-refractivity contribution in [3.63, 3.8) is 0 Å². The van der Waals surface area contributed by atoms with Crippen LogP contribution in [0.3, 0.4) is 0 Å². The average Bonchev–Trinajstić information content (AvgIpc) is 2.76. The molecule has 2 fully saturated rings. The SMILES string of the molecule is C=N/C(=C\C(=N)N1CC2CCC(C1)O2)N[C@H](C)COC. The number of hydrogen-bond acceptors (Lipinski definition) is 5. The summed E-state index contributed by atoms with van der Waals surface area (Å²) in [6.07, 6.45) is 4.50. The Kier molecular flexibility index (Phi) is 5.14. The van der Waals surface area contributed by atoms with E-state index in [4.69, 9.17) is 14.9 Å². The molecule has 2 saturated heterocycles. The lowest BCUT2D eigenvalue weighted by Gasteiger charge is -2.33. The second kappa shape index (κ2) is 6.85. The molecule has 20 heavy (non-hydrogen) atoms. The fraction of sp³-hybridized carbons (Fsp3) is 0.714. The Hall–Kier alpha value is -1.40. The zero-order chi connectivity index (χ0) is 14.5. The Bertz CT molecular complexity index is 385. The van der Waals surface area contributed by atoms with Crippen LogP contribution < -0.4 is 5.32 Å². The normalized spacial score (nSPS) is 27.3. The van der Waals surface area contributed by atoms with Gasteiger partial charge in [-0.1, -0.05) is 0 Å². The third-order valence-corrected chi connectivity index (χ3v) is 3.64. The van der Waals surface area contributed by atoms with Crippen LogP contribution in [-0.2, 0) is 9.47 Å². The second-order valence-electron chi connectivity index (χ2n) is 5.44. The highest BCUT2D eigenvalue weighted by Gasteiger charge is 2.34. The molecule has 0 spiro atoms. The predicted molar refractivity (Wildman–Crippen MR) is 79.3 cm³/mol. The summed E-state index contributed by atoms with van der Waals surface area (Å²) in [7, 11) is 1.66. The number of nitrogens with zero attached hydrogens (tertiary/aromatic N) is 2. The molecule has 0 aromatic rings. The number of fused-ring (bicyclic) bond motifs is 2. The standard InChI is InChI=1S/C14H24N4O2/c1-10(9-19-3)17-14(16-2)6-13(15)18-7-11-4-5-12(8-18)20-11/h6,10-12,15,17H,2,4-5,7-9H2,1,3H3/b14-6+,15-13?/t10-,11?,12?/m1/s1.